The number of nitrogens with zero attached hydrogens (tertiary/aromatic N) is 2. The smallest absolute Gasteiger partial charge is 0.221 e. The summed E-state index contributed by atoms with van der Waals surface area (Å²) in [6, 6.07) is 12.1. The van der Waals surface area contributed by atoms with Gasteiger partial charge in [0, 0.05) is 23.6 Å². The Bertz CT molecular complexity index is 807. The van der Waals surface area contributed by atoms with Crippen molar-refractivity contribution in [3.63, 3.8) is 0 Å². The van der Waals surface area contributed by atoms with Crippen LogP contribution >= 0.6 is 12.4 Å². The zero-order valence-electron chi connectivity index (χ0n) is 12.1. The Morgan fingerprint density at radius 2 is 1.73 bits per heavy atom. The molecule has 0 aliphatic heterocycles. The van der Waals surface area contributed by atoms with E-state index < -0.39 is 0 Å². The van der Waals surface area contributed by atoms with E-state index in [1.807, 2.05) is 30.3 Å². The largest absolute Gasteiger partial charge is 0.496 e. The first-order valence-electron chi connectivity index (χ1n) is 6.60. The van der Waals surface area contributed by atoms with E-state index in [2.05, 4.69) is 16.0 Å². The summed E-state index contributed by atoms with van der Waals surface area (Å²) in [5.74, 6) is 1.47. The van der Waals surface area contributed by atoms with Gasteiger partial charge in [0.05, 0.1) is 7.11 Å². The van der Waals surface area contributed by atoms with Gasteiger partial charge in [-0.3, -0.25) is 0 Å². The van der Waals surface area contributed by atoms with Crippen LogP contribution in [0.2, 0.25) is 0 Å². The molecule has 1 aromatic heterocycles. The number of halogens is 1. The SMILES string of the molecule is COc1ccc(Cc2cnc(N)nc2N)c2ccccc12.Cl. The van der Waals surface area contributed by atoms with Crippen LogP contribution in [-0.2, 0) is 6.42 Å². The van der Waals surface area contributed by atoms with Crippen LogP contribution in [0.4, 0.5) is 11.8 Å². The molecule has 5 nitrogen and oxygen atoms in total. The molecule has 0 saturated heterocycles. The molecule has 3 rings (SSSR count). The molecule has 0 fully saturated rings. The average Bonchev–Trinajstić information content (AvgIpc) is 2.50. The normalized spacial score (nSPS) is 10.2. The summed E-state index contributed by atoms with van der Waals surface area (Å²) in [4.78, 5) is 8.02. The molecule has 0 spiro atoms. The Labute approximate surface area is 134 Å². The molecule has 0 saturated carbocycles. The highest BCUT2D eigenvalue weighted by Gasteiger charge is 2.09. The van der Waals surface area contributed by atoms with Gasteiger partial charge in [-0.05, 0) is 17.0 Å². The van der Waals surface area contributed by atoms with Crippen LogP contribution in [0.25, 0.3) is 10.8 Å². The van der Waals surface area contributed by atoms with Crippen LogP contribution in [0.15, 0.2) is 42.6 Å². The molecule has 0 radical (unpaired) electrons. The van der Waals surface area contributed by atoms with E-state index >= 15 is 0 Å². The predicted molar refractivity (Wildman–Crippen MR) is 91.4 cm³/mol. The van der Waals surface area contributed by atoms with Crippen molar-refractivity contribution in [2.75, 3.05) is 18.6 Å². The van der Waals surface area contributed by atoms with Crippen molar-refractivity contribution < 1.29 is 4.74 Å². The van der Waals surface area contributed by atoms with Gasteiger partial charge in [0.2, 0.25) is 5.95 Å². The summed E-state index contributed by atoms with van der Waals surface area (Å²) in [5.41, 5.74) is 13.4. The second-order valence-electron chi connectivity index (χ2n) is 4.79. The Morgan fingerprint density at radius 3 is 2.41 bits per heavy atom. The summed E-state index contributed by atoms with van der Waals surface area (Å²) >= 11 is 0. The van der Waals surface area contributed by atoms with Crippen molar-refractivity contribution in [2.24, 2.45) is 0 Å². The molecule has 114 valence electrons. The van der Waals surface area contributed by atoms with Crippen LogP contribution in [0.3, 0.4) is 0 Å². The van der Waals surface area contributed by atoms with E-state index in [9.17, 15) is 0 Å². The van der Waals surface area contributed by atoms with Crippen molar-refractivity contribution in [1.29, 1.82) is 0 Å². The van der Waals surface area contributed by atoms with E-state index in [4.69, 9.17) is 16.2 Å². The third-order valence-corrected chi connectivity index (χ3v) is 3.49. The molecule has 0 amide bonds. The van der Waals surface area contributed by atoms with Crippen molar-refractivity contribution >= 4 is 34.9 Å². The molecule has 0 atom stereocenters. The summed E-state index contributed by atoms with van der Waals surface area (Å²) in [6.45, 7) is 0. The van der Waals surface area contributed by atoms with E-state index in [1.54, 1.807) is 13.3 Å². The third kappa shape index (κ3) is 2.89. The van der Waals surface area contributed by atoms with E-state index in [0.717, 1.165) is 27.6 Å². The molecule has 6 heteroatoms. The highest BCUT2D eigenvalue weighted by Crippen LogP contribution is 2.30. The van der Waals surface area contributed by atoms with Gasteiger partial charge in [-0.25, -0.2) is 4.98 Å². The highest BCUT2D eigenvalue weighted by atomic mass is 35.5. The van der Waals surface area contributed by atoms with Crippen LogP contribution < -0.4 is 16.2 Å². The molecular weight excluding hydrogens is 300 g/mol. The monoisotopic (exact) mass is 316 g/mol. The number of aromatic nitrogens is 2. The van der Waals surface area contributed by atoms with E-state index in [-0.39, 0.29) is 18.4 Å². The van der Waals surface area contributed by atoms with Crippen LogP contribution in [-0.4, -0.2) is 17.1 Å². The fraction of sp³-hybridized carbons (Fsp3) is 0.125. The van der Waals surface area contributed by atoms with Crippen molar-refractivity contribution in [2.45, 2.75) is 6.42 Å². The van der Waals surface area contributed by atoms with E-state index in [0.29, 0.717) is 12.2 Å². The van der Waals surface area contributed by atoms with Gasteiger partial charge in [-0.1, -0.05) is 30.3 Å². The summed E-state index contributed by atoms with van der Waals surface area (Å²) in [5, 5.41) is 2.21. The Hall–Kier alpha value is -2.53. The number of methoxy groups -OCH3 is 1. The quantitative estimate of drug-likeness (QED) is 0.776. The van der Waals surface area contributed by atoms with Gasteiger partial charge in [0.1, 0.15) is 11.6 Å². The lowest BCUT2D eigenvalue weighted by atomic mass is 9.98. The summed E-state index contributed by atoms with van der Waals surface area (Å²) in [7, 11) is 1.67. The first-order chi connectivity index (χ1) is 10.2. The van der Waals surface area contributed by atoms with Gasteiger partial charge in [0.25, 0.3) is 0 Å². The summed E-state index contributed by atoms with van der Waals surface area (Å²) < 4.78 is 5.41. The lowest BCUT2D eigenvalue weighted by Crippen LogP contribution is -2.04. The van der Waals surface area contributed by atoms with Crippen LogP contribution in [0.5, 0.6) is 5.75 Å². The number of anilines is 2. The molecule has 0 bridgehead atoms. The number of nitrogens with two attached hydrogens (primary N) is 2. The molecule has 4 N–H and O–H groups in total. The van der Waals surface area contributed by atoms with Crippen molar-refractivity contribution in [1.82, 2.24) is 9.97 Å². The lowest BCUT2D eigenvalue weighted by Gasteiger charge is -2.11. The molecule has 2 aromatic carbocycles. The molecule has 1 heterocycles. The second kappa shape index (κ2) is 6.49. The second-order valence-corrected chi connectivity index (χ2v) is 4.79. The van der Waals surface area contributed by atoms with Gasteiger partial charge < -0.3 is 16.2 Å². The lowest BCUT2D eigenvalue weighted by molar-refractivity contribution is 0.419. The maximum absolute atomic E-state index is 5.91. The zero-order chi connectivity index (χ0) is 14.8. The fourth-order valence-electron chi connectivity index (χ4n) is 2.44. The first kappa shape index (κ1) is 15.9. The van der Waals surface area contributed by atoms with Gasteiger partial charge in [-0.2, -0.15) is 4.98 Å². The van der Waals surface area contributed by atoms with Gasteiger partial charge >= 0.3 is 0 Å². The van der Waals surface area contributed by atoms with Crippen molar-refractivity contribution in [3.8, 4) is 5.75 Å². The van der Waals surface area contributed by atoms with Crippen LogP contribution in [0, 0.1) is 0 Å². The molecule has 3 aromatic rings. The summed E-state index contributed by atoms with van der Waals surface area (Å²) in [6.07, 6.45) is 2.33. The first-order valence-corrected chi connectivity index (χ1v) is 6.60. The van der Waals surface area contributed by atoms with E-state index in [1.165, 1.54) is 0 Å². The average molecular weight is 317 g/mol. The highest BCUT2D eigenvalue weighted by molar-refractivity contribution is 5.91. The van der Waals surface area contributed by atoms with Crippen molar-refractivity contribution in [3.05, 3.63) is 53.7 Å². The fourth-order valence-corrected chi connectivity index (χ4v) is 2.44. The standard InChI is InChI=1S/C16H16N4O.ClH/c1-21-14-7-6-10(12-4-2-3-5-13(12)14)8-11-9-19-16(18)20-15(11)17;/h2-7,9H,8H2,1H3,(H4,17,18,19,20);1H. The number of fused-ring (bicyclic) bond motifs is 1. The van der Waals surface area contributed by atoms with Gasteiger partial charge in [0.15, 0.2) is 0 Å². The van der Waals surface area contributed by atoms with Gasteiger partial charge in [-0.15, -0.1) is 12.4 Å². The maximum atomic E-state index is 5.91. The Balaban J connectivity index is 0.00000176. The minimum Gasteiger partial charge on any atom is -0.496 e. The maximum Gasteiger partial charge on any atom is 0.221 e. The number of hydrogen-bond acceptors (Lipinski definition) is 5. The number of nitrogen functional groups attached to an aromatic ring is 2. The number of benzene rings is 2. The molecule has 0 aliphatic rings. The minimum atomic E-state index is 0. The molecular formula is C16H17ClN4O. The predicted octanol–water partition coefficient (Wildman–Crippen LogP) is 2.82. The number of rotatable bonds is 3. The van der Waals surface area contributed by atoms with Crippen LogP contribution in [0.1, 0.15) is 11.1 Å². The third-order valence-electron chi connectivity index (χ3n) is 3.49. The molecule has 0 unspecified atom stereocenters. The molecule has 22 heavy (non-hydrogen) atoms. The number of hydrogen-bond donors (Lipinski definition) is 2. The Kier molecular flexibility index (Phi) is 4.68. The Morgan fingerprint density at radius 1 is 1.00 bits per heavy atom. The zero-order valence-corrected chi connectivity index (χ0v) is 12.9. The minimum absolute atomic E-state index is 0. The number of ether oxygens (including phenoxy) is 1. The topological polar surface area (TPSA) is 87.0 Å². The molecule has 0 aliphatic carbocycles.